The minimum Gasteiger partial charge on any atom is -0.482 e. The summed E-state index contributed by atoms with van der Waals surface area (Å²) in [4.78, 5) is 22.9. The molecule has 0 aliphatic carbocycles. The van der Waals surface area contributed by atoms with Crippen LogP contribution in [0, 0.1) is 0 Å². The highest BCUT2D eigenvalue weighted by atomic mass is 16.5. The molecule has 6 nitrogen and oxygen atoms in total. The molecule has 6 heteroatoms. The summed E-state index contributed by atoms with van der Waals surface area (Å²) < 4.78 is 5.32. The molecule has 1 aromatic carbocycles. The molecule has 1 aliphatic rings. The lowest BCUT2D eigenvalue weighted by Gasteiger charge is -2.20. The highest BCUT2D eigenvalue weighted by Gasteiger charge is 2.17. The zero-order chi connectivity index (χ0) is 15.2. The average molecular weight is 291 g/mol. The van der Waals surface area contributed by atoms with E-state index in [9.17, 15) is 9.59 Å². The number of hydrogen-bond acceptors (Lipinski definition) is 4. The van der Waals surface area contributed by atoms with Crippen molar-refractivity contribution in [2.24, 2.45) is 0 Å². The summed E-state index contributed by atoms with van der Waals surface area (Å²) in [5.41, 5.74) is 1.66. The van der Waals surface area contributed by atoms with Gasteiger partial charge in [0, 0.05) is 12.6 Å². The fourth-order valence-electron chi connectivity index (χ4n) is 2.06. The standard InChI is InChI=1S/C15H21N3O3/c1-3-6-16-14(19)8-17-10(2)11-4-5-13-12(7-11)18-15(20)9-21-13/h4-5,7,10,17H,3,6,8-9H2,1-2H3,(H,16,19)(H,18,20). The van der Waals surface area contributed by atoms with E-state index < -0.39 is 0 Å². The zero-order valence-electron chi connectivity index (χ0n) is 12.4. The largest absolute Gasteiger partial charge is 0.482 e. The molecule has 1 heterocycles. The SMILES string of the molecule is CCCNC(=O)CNC(C)c1ccc2c(c1)NC(=O)CO2. The molecule has 1 aliphatic heterocycles. The van der Waals surface area contributed by atoms with E-state index in [0.717, 1.165) is 12.0 Å². The van der Waals surface area contributed by atoms with Crippen LogP contribution in [0.4, 0.5) is 5.69 Å². The summed E-state index contributed by atoms with van der Waals surface area (Å²) >= 11 is 0. The van der Waals surface area contributed by atoms with E-state index in [0.29, 0.717) is 18.0 Å². The van der Waals surface area contributed by atoms with Gasteiger partial charge in [-0.25, -0.2) is 0 Å². The van der Waals surface area contributed by atoms with Gasteiger partial charge in [-0.2, -0.15) is 0 Å². The van der Waals surface area contributed by atoms with Crippen LogP contribution in [-0.2, 0) is 9.59 Å². The number of nitrogens with one attached hydrogen (secondary N) is 3. The van der Waals surface area contributed by atoms with Crippen molar-refractivity contribution in [3.8, 4) is 5.75 Å². The molecule has 1 unspecified atom stereocenters. The third kappa shape index (κ3) is 4.19. The molecule has 1 aromatic rings. The second kappa shape index (κ2) is 7.08. The van der Waals surface area contributed by atoms with E-state index in [1.807, 2.05) is 32.0 Å². The van der Waals surface area contributed by atoms with Crippen molar-refractivity contribution in [3.05, 3.63) is 23.8 Å². The van der Waals surface area contributed by atoms with Crippen molar-refractivity contribution >= 4 is 17.5 Å². The van der Waals surface area contributed by atoms with E-state index in [4.69, 9.17) is 4.74 Å². The molecule has 0 radical (unpaired) electrons. The van der Waals surface area contributed by atoms with Gasteiger partial charge in [0.25, 0.3) is 5.91 Å². The minimum absolute atomic E-state index is 0.00139. The van der Waals surface area contributed by atoms with Crippen LogP contribution < -0.4 is 20.7 Å². The number of amides is 2. The van der Waals surface area contributed by atoms with Crippen molar-refractivity contribution in [3.63, 3.8) is 0 Å². The van der Waals surface area contributed by atoms with Gasteiger partial charge >= 0.3 is 0 Å². The molecule has 21 heavy (non-hydrogen) atoms. The molecule has 2 amide bonds. The molecule has 0 bridgehead atoms. The molecular weight excluding hydrogens is 270 g/mol. The molecule has 2 rings (SSSR count). The van der Waals surface area contributed by atoms with Gasteiger partial charge in [-0.05, 0) is 31.0 Å². The average Bonchev–Trinajstić information content (AvgIpc) is 2.49. The van der Waals surface area contributed by atoms with E-state index in [2.05, 4.69) is 16.0 Å². The van der Waals surface area contributed by atoms with Gasteiger partial charge in [-0.15, -0.1) is 0 Å². The number of ether oxygens (including phenoxy) is 1. The molecule has 0 aromatic heterocycles. The van der Waals surface area contributed by atoms with Gasteiger partial charge in [0.1, 0.15) is 5.75 Å². The van der Waals surface area contributed by atoms with Gasteiger partial charge in [-0.1, -0.05) is 13.0 Å². The summed E-state index contributed by atoms with van der Waals surface area (Å²) in [5.74, 6) is 0.503. The lowest BCUT2D eigenvalue weighted by molar-refractivity contribution is -0.120. The summed E-state index contributed by atoms with van der Waals surface area (Å²) in [6.45, 7) is 5.00. The number of carbonyl (C=O) groups excluding carboxylic acids is 2. The Balaban J connectivity index is 1.93. The Morgan fingerprint density at radius 1 is 1.48 bits per heavy atom. The van der Waals surface area contributed by atoms with Gasteiger partial charge in [0.15, 0.2) is 6.61 Å². The number of anilines is 1. The molecule has 0 spiro atoms. The van der Waals surface area contributed by atoms with E-state index >= 15 is 0 Å². The van der Waals surface area contributed by atoms with Crippen LogP contribution in [0.5, 0.6) is 5.75 Å². The van der Waals surface area contributed by atoms with Crippen molar-refractivity contribution in [2.45, 2.75) is 26.3 Å². The first-order chi connectivity index (χ1) is 10.1. The van der Waals surface area contributed by atoms with E-state index in [-0.39, 0.29) is 31.0 Å². The normalized spacial score (nSPS) is 14.7. The summed E-state index contributed by atoms with van der Waals surface area (Å²) in [6, 6.07) is 5.63. The van der Waals surface area contributed by atoms with Crippen molar-refractivity contribution in [1.29, 1.82) is 0 Å². The molecule has 3 N–H and O–H groups in total. The Labute approximate surface area is 124 Å². The number of fused-ring (bicyclic) bond motifs is 1. The maximum atomic E-state index is 11.6. The first-order valence-corrected chi connectivity index (χ1v) is 7.17. The number of benzene rings is 1. The van der Waals surface area contributed by atoms with Crippen LogP contribution in [0.15, 0.2) is 18.2 Å². The molecule has 114 valence electrons. The molecule has 1 atom stereocenters. The first-order valence-electron chi connectivity index (χ1n) is 7.17. The summed E-state index contributed by atoms with van der Waals surface area (Å²) in [7, 11) is 0. The first kappa shape index (κ1) is 15.3. The highest BCUT2D eigenvalue weighted by molar-refractivity contribution is 5.95. The third-order valence-corrected chi connectivity index (χ3v) is 3.28. The highest BCUT2D eigenvalue weighted by Crippen LogP contribution is 2.30. The van der Waals surface area contributed by atoms with Crippen LogP contribution >= 0.6 is 0 Å². The third-order valence-electron chi connectivity index (χ3n) is 3.28. The van der Waals surface area contributed by atoms with Crippen molar-refractivity contribution < 1.29 is 14.3 Å². The summed E-state index contributed by atoms with van der Waals surface area (Å²) in [5, 5.41) is 8.75. The predicted molar refractivity (Wildman–Crippen MR) is 80.3 cm³/mol. The quantitative estimate of drug-likeness (QED) is 0.735. The Hall–Kier alpha value is -2.08. The lowest BCUT2D eigenvalue weighted by Crippen LogP contribution is -2.35. The lowest BCUT2D eigenvalue weighted by atomic mass is 10.1. The van der Waals surface area contributed by atoms with Crippen LogP contribution in [0.3, 0.4) is 0 Å². The molecular formula is C15H21N3O3. The van der Waals surface area contributed by atoms with Crippen LogP contribution in [0.2, 0.25) is 0 Å². The van der Waals surface area contributed by atoms with Crippen LogP contribution in [0.25, 0.3) is 0 Å². The molecule has 0 saturated carbocycles. The number of carbonyl (C=O) groups is 2. The predicted octanol–water partition coefficient (Wildman–Crippen LogP) is 1.19. The van der Waals surface area contributed by atoms with E-state index in [1.165, 1.54) is 0 Å². The van der Waals surface area contributed by atoms with Crippen LogP contribution in [-0.4, -0.2) is 31.5 Å². The summed E-state index contributed by atoms with van der Waals surface area (Å²) in [6.07, 6.45) is 0.922. The Bertz CT molecular complexity index is 531. The van der Waals surface area contributed by atoms with Crippen molar-refractivity contribution in [2.75, 3.05) is 25.0 Å². The van der Waals surface area contributed by atoms with Crippen LogP contribution in [0.1, 0.15) is 31.9 Å². The smallest absolute Gasteiger partial charge is 0.262 e. The van der Waals surface area contributed by atoms with Gasteiger partial charge < -0.3 is 20.7 Å². The van der Waals surface area contributed by atoms with Gasteiger partial charge in [0.2, 0.25) is 5.91 Å². The minimum atomic E-state index is -0.154. The Kier molecular flexibility index (Phi) is 5.16. The monoisotopic (exact) mass is 291 g/mol. The fraction of sp³-hybridized carbons (Fsp3) is 0.467. The van der Waals surface area contributed by atoms with Gasteiger partial charge in [0.05, 0.1) is 12.2 Å². The second-order valence-electron chi connectivity index (χ2n) is 5.04. The fourth-order valence-corrected chi connectivity index (χ4v) is 2.06. The topological polar surface area (TPSA) is 79.5 Å². The molecule has 0 saturated heterocycles. The number of rotatable bonds is 6. The maximum Gasteiger partial charge on any atom is 0.262 e. The van der Waals surface area contributed by atoms with E-state index in [1.54, 1.807) is 0 Å². The zero-order valence-corrected chi connectivity index (χ0v) is 12.4. The maximum absolute atomic E-state index is 11.6. The Morgan fingerprint density at radius 2 is 2.29 bits per heavy atom. The van der Waals surface area contributed by atoms with Crippen molar-refractivity contribution in [1.82, 2.24) is 10.6 Å². The Morgan fingerprint density at radius 3 is 3.05 bits per heavy atom. The molecule has 0 fully saturated rings. The second-order valence-corrected chi connectivity index (χ2v) is 5.04. The van der Waals surface area contributed by atoms with Gasteiger partial charge in [-0.3, -0.25) is 9.59 Å². The number of hydrogen-bond donors (Lipinski definition) is 3.